The lowest BCUT2D eigenvalue weighted by Gasteiger charge is -2.16. The van der Waals surface area contributed by atoms with E-state index in [9.17, 15) is 4.79 Å². The van der Waals surface area contributed by atoms with E-state index in [1.165, 1.54) is 0 Å². The number of ether oxygens (including phenoxy) is 2. The molecule has 2 heterocycles. The van der Waals surface area contributed by atoms with Crippen molar-refractivity contribution in [2.45, 2.75) is 25.9 Å². The SMILES string of the molecule is Cc1ccc(NC(=O)c2ccc(-n3cnc4ccccc43)cc2)c(OCC2CCCO2)c1. The molecule has 1 aromatic heterocycles. The highest BCUT2D eigenvalue weighted by Crippen LogP contribution is 2.28. The van der Waals surface area contributed by atoms with Crippen LogP contribution in [0.3, 0.4) is 0 Å². The maximum Gasteiger partial charge on any atom is 0.255 e. The van der Waals surface area contributed by atoms with Crippen LogP contribution in [0.4, 0.5) is 5.69 Å². The number of carbonyl (C=O) groups excluding carboxylic acids is 1. The van der Waals surface area contributed by atoms with Gasteiger partial charge in [-0.25, -0.2) is 4.98 Å². The molecule has 1 unspecified atom stereocenters. The molecule has 1 aliphatic heterocycles. The van der Waals surface area contributed by atoms with Crippen LogP contribution < -0.4 is 10.1 Å². The van der Waals surface area contributed by atoms with Gasteiger partial charge in [0.2, 0.25) is 0 Å². The monoisotopic (exact) mass is 427 g/mol. The fourth-order valence-electron chi connectivity index (χ4n) is 3.94. The van der Waals surface area contributed by atoms with Crippen molar-refractivity contribution in [2.75, 3.05) is 18.5 Å². The van der Waals surface area contributed by atoms with Crippen molar-refractivity contribution >= 4 is 22.6 Å². The Morgan fingerprint density at radius 1 is 1.16 bits per heavy atom. The standard InChI is InChI=1S/C26H25N3O3/c1-18-8-13-23(25(15-18)32-16-21-5-4-14-31-21)28-26(30)19-9-11-20(12-10-19)29-17-27-22-6-2-3-7-24(22)29/h2-3,6-13,15,17,21H,4-5,14,16H2,1H3,(H,28,30). The van der Waals surface area contributed by atoms with E-state index in [4.69, 9.17) is 9.47 Å². The van der Waals surface area contributed by atoms with E-state index in [2.05, 4.69) is 10.3 Å². The molecule has 0 aliphatic carbocycles. The average molecular weight is 428 g/mol. The van der Waals surface area contributed by atoms with Gasteiger partial charge in [0.15, 0.2) is 0 Å². The molecule has 0 radical (unpaired) electrons. The summed E-state index contributed by atoms with van der Waals surface area (Å²) in [5.74, 6) is 0.480. The Balaban J connectivity index is 1.31. The summed E-state index contributed by atoms with van der Waals surface area (Å²) in [7, 11) is 0. The van der Waals surface area contributed by atoms with Crippen LogP contribution in [0.25, 0.3) is 16.7 Å². The highest BCUT2D eigenvalue weighted by molar-refractivity contribution is 6.05. The number of imidazole rings is 1. The normalized spacial score (nSPS) is 15.7. The van der Waals surface area contributed by atoms with Crippen molar-refractivity contribution in [1.82, 2.24) is 9.55 Å². The molecule has 0 saturated carbocycles. The van der Waals surface area contributed by atoms with Gasteiger partial charge in [-0.2, -0.15) is 0 Å². The second-order valence-electron chi connectivity index (χ2n) is 8.05. The number of fused-ring (bicyclic) bond motifs is 1. The number of carbonyl (C=O) groups is 1. The molecule has 1 aliphatic rings. The van der Waals surface area contributed by atoms with Crippen LogP contribution in [-0.4, -0.2) is 34.8 Å². The molecule has 0 spiro atoms. The third-order valence-corrected chi connectivity index (χ3v) is 5.70. The molecule has 162 valence electrons. The minimum Gasteiger partial charge on any atom is -0.489 e. The second-order valence-corrected chi connectivity index (χ2v) is 8.05. The lowest BCUT2D eigenvalue weighted by Crippen LogP contribution is -2.18. The summed E-state index contributed by atoms with van der Waals surface area (Å²) >= 11 is 0. The maximum atomic E-state index is 12.9. The third-order valence-electron chi connectivity index (χ3n) is 5.70. The minimum atomic E-state index is -0.183. The quantitative estimate of drug-likeness (QED) is 0.463. The molecule has 1 saturated heterocycles. The molecule has 1 N–H and O–H groups in total. The van der Waals surface area contributed by atoms with Crippen LogP contribution in [0, 0.1) is 6.92 Å². The van der Waals surface area contributed by atoms with Crippen LogP contribution in [0.1, 0.15) is 28.8 Å². The first-order chi connectivity index (χ1) is 15.7. The molecule has 0 bridgehead atoms. The smallest absolute Gasteiger partial charge is 0.255 e. The number of amides is 1. The number of hydrogen-bond acceptors (Lipinski definition) is 4. The molecule has 32 heavy (non-hydrogen) atoms. The highest BCUT2D eigenvalue weighted by atomic mass is 16.5. The molecule has 4 aromatic rings. The topological polar surface area (TPSA) is 65.4 Å². The fourth-order valence-corrected chi connectivity index (χ4v) is 3.94. The Morgan fingerprint density at radius 3 is 2.81 bits per heavy atom. The summed E-state index contributed by atoms with van der Waals surface area (Å²) in [6.45, 7) is 3.28. The Hall–Kier alpha value is -3.64. The van der Waals surface area contributed by atoms with E-state index in [1.807, 2.05) is 78.2 Å². The zero-order valence-corrected chi connectivity index (χ0v) is 18.0. The number of hydrogen-bond donors (Lipinski definition) is 1. The predicted octanol–water partition coefficient (Wildman–Crippen LogP) is 5.14. The van der Waals surface area contributed by atoms with Crippen LogP contribution in [0.5, 0.6) is 5.75 Å². The summed E-state index contributed by atoms with van der Waals surface area (Å²) < 4.78 is 13.7. The van der Waals surface area contributed by atoms with Crippen molar-refractivity contribution in [2.24, 2.45) is 0 Å². The Labute approximate surface area is 186 Å². The molecule has 3 aromatic carbocycles. The second kappa shape index (κ2) is 8.85. The molecule has 6 heteroatoms. The van der Waals surface area contributed by atoms with Crippen LogP contribution >= 0.6 is 0 Å². The van der Waals surface area contributed by atoms with E-state index in [-0.39, 0.29) is 12.0 Å². The van der Waals surface area contributed by atoms with Gasteiger partial charge in [0.1, 0.15) is 18.7 Å². The summed E-state index contributed by atoms with van der Waals surface area (Å²) in [5.41, 5.74) is 5.21. The predicted molar refractivity (Wildman–Crippen MR) is 125 cm³/mol. The average Bonchev–Trinajstić information content (AvgIpc) is 3.49. The van der Waals surface area contributed by atoms with Crippen LogP contribution in [-0.2, 0) is 4.74 Å². The molecule has 5 rings (SSSR count). The zero-order valence-electron chi connectivity index (χ0n) is 18.0. The van der Waals surface area contributed by atoms with Crippen molar-refractivity contribution < 1.29 is 14.3 Å². The van der Waals surface area contributed by atoms with Crippen molar-refractivity contribution in [3.8, 4) is 11.4 Å². The Kier molecular flexibility index (Phi) is 5.60. The number of aryl methyl sites for hydroxylation is 1. The summed E-state index contributed by atoms with van der Waals surface area (Å²) in [5, 5.41) is 2.99. The molecule has 6 nitrogen and oxygen atoms in total. The minimum absolute atomic E-state index is 0.117. The summed E-state index contributed by atoms with van der Waals surface area (Å²) in [6.07, 6.45) is 3.98. The zero-order chi connectivity index (χ0) is 21.9. The summed E-state index contributed by atoms with van der Waals surface area (Å²) in [4.78, 5) is 17.3. The maximum absolute atomic E-state index is 12.9. The number of para-hydroxylation sites is 2. The molecular weight excluding hydrogens is 402 g/mol. The van der Waals surface area contributed by atoms with Crippen molar-refractivity contribution in [3.05, 3.63) is 84.2 Å². The van der Waals surface area contributed by atoms with Gasteiger partial charge in [-0.1, -0.05) is 18.2 Å². The number of benzene rings is 3. The molecular formula is C26H25N3O3. The molecule has 1 fully saturated rings. The van der Waals surface area contributed by atoms with E-state index in [1.54, 1.807) is 6.33 Å². The first-order valence-corrected chi connectivity index (χ1v) is 10.9. The van der Waals surface area contributed by atoms with Gasteiger partial charge in [0.05, 0.1) is 22.8 Å². The molecule has 1 atom stereocenters. The summed E-state index contributed by atoms with van der Waals surface area (Å²) in [6, 6.07) is 21.2. The van der Waals surface area contributed by atoms with E-state index in [0.29, 0.717) is 23.6 Å². The first kappa shape index (κ1) is 20.3. The number of aromatic nitrogens is 2. The fraction of sp³-hybridized carbons (Fsp3) is 0.231. The van der Waals surface area contributed by atoms with E-state index >= 15 is 0 Å². The van der Waals surface area contributed by atoms with Gasteiger partial charge in [0.25, 0.3) is 5.91 Å². The first-order valence-electron chi connectivity index (χ1n) is 10.9. The van der Waals surface area contributed by atoms with Gasteiger partial charge in [0, 0.05) is 17.9 Å². The van der Waals surface area contributed by atoms with Crippen LogP contribution in [0.15, 0.2) is 73.1 Å². The Morgan fingerprint density at radius 2 is 2.00 bits per heavy atom. The largest absolute Gasteiger partial charge is 0.489 e. The van der Waals surface area contributed by atoms with Gasteiger partial charge in [-0.3, -0.25) is 9.36 Å². The number of nitrogens with zero attached hydrogens (tertiary/aromatic N) is 2. The molecule has 1 amide bonds. The van der Waals surface area contributed by atoms with E-state index < -0.39 is 0 Å². The van der Waals surface area contributed by atoms with E-state index in [0.717, 1.165) is 41.7 Å². The van der Waals surface area contributed by atoms with Crippen molar-refractivity contribution in [3.63, 3.8) is 0 Å². The number of rotatable bonds is 6. The lowest BCUT2D eigenvalue weighted by atomic mass is 10.1. The lowest BCUT2D eigenvalue weighted by molar-refractivity contribution is 0.0681. The van der Waals surface area contributed by atoms with Crippen LogP contribution in [0.2, 0.25) is 0 Å². The van der Waals surface area contributed by atoms with Gasteiger partial charge < -0.3 is 14.8 Å². The highest BCUT2D eigenvalue weighted by Gasteiger charge is 2.18. The van der Waals surface area contributed by atoms with Crippen molar-refractivity contribution in [1.29, 1.82) is 0 Å². The van der Waals surface area contributed by atoms with Gasteiger partial charge in [-0.15, -0.1) is 0 Å². The number of nitrogens with one attached hydrogen (secondary N) is 1. The van der Waals surface area contributed by atoms with Gasteiger partial charge in [-0.05, 0) is 73.9 Å². The number of anilines is 1. The third kappa shape index (κ3) is 4.22. The Bertz CT molecular complexity index is 1240. The van der Waals surface area contributed by atoms with Gasteiger partial charge >= 0.3 is 0 Å².